The van der Waals surface area contributed by atoms with Crippen LogP contribution in [0.1, 0.15) is 11.4 Å². The molecule has 0 aliphatic carbocycles. The fraction of sp³-hybridized carbons (Fsp3) is 0. The number of rotatable bonds is 2. The van der Waals surface area contributed by atoms with Crippen LogP contribution >= 0.6 is 0 Å². The third kappa shape index (κ3) is 22.7. The largest absolute Gasteiger partial charge is 2.00 e. The van der Waals surface area contributed by atoms with Crippen molar-refractivity contribution in [3.63, 3.8) is 0 Å². The molecule has 0 radical (unpaired) electrons. The maximum Gasteiger partial charge on any atom is 2.00 e. The first-order valence-corrected chi connectivity index (χ1v) is 5.16. The van der Waals surface area contributed by atoms with Gasteiger partial charge in [0, 0.05) is 0 Å². The molecule has 0 aliphatic heterocycles. The molecule has 0 aromatic carbocycles. The molecule has 0 fully saturated rings. The molecule has 0 amide bonds. The average molecular weight is 613 g/mol. The predicted molar refractivity (Wildman–Crippen MR) is 67.2 cm³/mol. The summed E-state index contributed by atoms with van der Waals surface area (Å²) in [5, 5.41) is 0. The van der Waals surface area contributed by atoms with Crippen molar-refractivity contribution < 1.29 is 55.3 Å². The summed E-state index contributed by atoms with van der Waals surface area (Å²) in [4.78, 5) is 20.4. The number of hydrogen-bond donors (Lipinski definition) is 2. The Bertz CT molecular complexity index is 433. The molecule has 0 rings (SSSR count). The normalized spacial score (nSPS) is 9.22. The molecule has 0 aliphatic rings. The molecule has 0 aromatic heterocycles. The maximum atomic E-state index is 10.2. The van der Waals surface area contributed by atoms with Gasteiger partial charge in [0.15, 0.2) is 0 Å². The van der Waals surface area contributed by atoms with Gasteiger partial charge in [0.1, 0.15) is 0 Å². The molecule has 0 saturated carbocycles. The standard InChI is InChI=1S/C2H2O10S2.2Ba.2Ca.8H/c3-1(11-13(5,6)7)2(4)12-14(8,9)10;;;;;;;;;;;;/h(H,5,6,7)(H,8,9,10);;;;;;;;;;;;/q;4*+2;8*-1. The molecule has 16 heteroatoms. The summed E-state index contributed by atoms with van der Waals surface area (Å²) < 4.78 is 60.9. The Hall–Kier alpha value is 4.42. The van der Waals surface area contributed by atoms with Crippen molar-refractivity contribution in [2.24, 2.45) is 0 Å². The molecule has 0 atom stereocenters. The van der Waals surface area contributed by atoms with Crippen LogP contribution in [-0.4, -0.2) is 211 Å². The molecule has 0 saturated heterocycles. The molecular formula is C2H10Ba2Ca2O10S2. The zero-order valence-corrected chi connectivity index (χ0v) is 23.7. The summed E-state index contributed by atoms with van der Waals surface area (Å²) in [5.41, 5.74) is 0. The maximum absolute atomic E-state index is 10.2. The van der Waals surface area contributed by atoms with Gasteiger partial charge in [0.25, 0.3) is 0 Å². The molecular weight excluding hydrogens is 603 g/mol. The van der Waals surface area contributed by atoms with E-state index in [-0.39, 0.29) is 185 Å². The van der Waals surface area contributed by atoms with Gasteiger partial charge in [-0.15, -0.1) is 0 Å². The van der Waals surface area contributed by atoms with Crippen LogP contribution in [0.15, 0.2) is 0 Å². The second-order valence-corrected chi connectivity index (χ2v) is 3.64. The number of carbonyl (C=O) groups is 2. The number of carbonyl (C=O) groups excluding carboxylic acids is 2. The van der Waals surface area contributed by atoms with E-state index >= 15 is 0 Å². The Morgan fingerprint density at radius 2 is 0.944 bits per heavy atom. The van der Waals surface area contributed by atoms with E-state index in [9.17, 15) is 26.4 Å². The molecule has 0 bridgehead atoms. The molecule has 0 heterocycles. The van der Waals surface area contributed by atoms with Crippen LogP contribution in [-0.2, 0) is 38.8 Å². The van der Waals surface area contributed by atoms with Crippen molar-refractivity contribution in [1.29, 1.82) is 0 Å². The van der Waals surface area contributed by atoms with Crippen LogP contribution < -0.4 is 0 Å². The van der Waals surface area contributed by atoms with Crippen LogP contribution in [0.25, 0.3) is 0 Å². The summed E-state index contributed by atoms with van der Waals surface area (Å²) in [6.45, 7) is 0. The number of hydrogen-bond acceptors (Lipinski definition) is 8. The Labute approximate surface area is 255 Å². The van der Waals surface area contributed by atoms with E-state index in [0.29, 0.717) is 0 Å². The van der Waals surface area contributed by atoms with Gasteiger partial charge < -0.3 is 19.8 Å². The Kier molecular flexibility index (Phi) is 28.2. The zero-order chi connectivity index (χ0) is 11.6. The van der Waals surface area contributed by atoms with Crippen LogP contribution in [0.2, 0.25) is 0 Å². The van der Waals surface area contributed by atoms with Gasteiger partial charge in [-0.1, -0.05) is 0 Å². The second kappa shape index (κ2) is 15.0. The van der Waals surface area contributed by atoms with Gasteiger partial charge in [0.2, 0.25) is 0 Å². The third-order valence-electron chi connectivity index (χ3n) is 0.529. The van der Waals surface area contributed by atoms with Gasteiger partial charge in [-0.25, -0.2) is 9.59 Å². The van der Waals surface area contributed by atoms with Gasteiger partial charge in [0.05, 0.1) is 0 Å². The molecule has 0 unspecified atom stereocenters. The van der Waals surface area contributed by atoms with Crippen LogP contribution in [0.5, 0.6) is 0 Å². The van der Waals surface area contributed by atoms with Crippen molar-refractivity contribution >= 4 is 206 Å². The first-order valence-electron chi connectivity index (χ1n) is 2.43. The smallest absolute Gasteiger partial charge is 1.00 e. The van der Waals surface area contributed by atoms with Crippen molar-refractivity contribution in [3.8, 4) is 0 Å². The molecule has 0 aromatic rings. The van der Waals surface area contributed by atoms with E-state index in [2.05, 4.69) is 8.37 Å². The van der Waals surface area contributed by atoms with Crippen molar-refractivity contribution in [2.75, 3.05) is 0 Å². The van der Waals surface area contributed by atoms with Crippen LogP contribution in [0.3, 0.4) is 0 Å². The average Bonchev–Trinajstić information content (AvgIpc) is 1.78. The first-order chi connectivity index (χ1) is 6.01. The van der Waals surface area contributed by atoms with Crippen molar-refractivity contribution in [2.45, 2.75) is 0 Å². The minimum absolute atomic E-state index is 0. The van der Waals surface area contributed by atoms with E-state index in [0.717, 1.165) is 0 Å². The van der Waals surface area contributed by atoms with Crippen LogP contribution in [0.4, 0.5) is 0 Å². The summed E-state index contributed by atoms with van der Waals surface area (Å²) in [5.74, 6) is -4.66. The van der Waals surface area contributed by atoms with Gasteiger partial charge >= 0.3 is 206 Å². The Balaban J connectivity index is -0.0000000128. The van der Waals surface area contributed by atoms with Gasteiger partial charge in [-0.05, 0) is 0 Å². The van der Waals surface area contributed by atoms with Gasteiger partial charge in [-0.2, -0.15) is 16.8 Å². The summed E-state index contributed by atoms with van der Waals surface area (Å²) in [6, 6.07) is 0. The minimum atomic E-state index is -5.25. The van der Waals surface area contributed by atoms with E-state index in [1.807, 2.05) is 0 Å². The molecule has 98 valence electrons. The van der Waals surface area contributed by atoms with Crippen molar-refractivity contribution in [3.05, 3.63) is 0 Å². The molecule has 2 N–H and O–H groups in total. The summed E-state index contributed by atoms with van der Waals surface area (Å²) in [7, 11) is -10.5. The zero-order valence-electron chi connectivity index (χ0n) is 16.8. The minimum Gasteiger partial charge on any atom is -1.00 e. The quantitative estimate of drug-likeness (QED) is 0.187. The molecule has 0 spiro atoms. The van der Waals surface area contributed by atoms with E-state index in [1.54, 1.807) is 0 Å². The predicted octanol–water partition coefficient (Wildman–Crippen LogP) is -2.94. The summed E-state index contributed by atoms with van der Waals surface area (Å²) in [6.07, 6.45) is 0. The monoisotopic (exact) mass is 614 g/mol. The Morgan fingerprint density at radius 3 is 1.06 bits per heavy atom. The van der Waals surface area contributed by atoms with Crippen LogP contribution in [0, 0.1) is 0 Å². The van der Waals surface area contributed by atoms with E-state index in [4.69, 9.17) is 9.11 Å². The third-order valence-corrected chi connectivity index (χ3v) is 1.25. The summed E-state index contributed by atoms with van der Waals surface area (Å²) >= 11 is 0. The molecule has 18 heavy (non-hydrogen) atoms. The molecule has 10 nitrogen and oxygen atoms in total. The SMILES string of the molecule is O=C(OS(=O)(=O)O)C(=O)OS(=O)(=O)O.[Ba+2].[Ba+2].[Ca+2].[Ca+2].[H-].[H-].[H-].[H-].[H-].[H-].[H-].[H-]. The second-order valence-electron chi connectivity index (χ2n) is 1.60. The topological polar surface area (TPSA) is 161 Å². The van der Waals surface area contributed by atoms with E-state index in [1.165, 1.54) is 0 Å². The first kappa shape index (κ1) is 33.9. The van der Waals surface area contributed by atoms with Crippen molar-refractivity contribution in [1.82, 2.24) is 0 Å². The van der Waals surface area contributed by atoms with Gasteiger partial charge in [-0.3, -0.25) is 9.11 Å². The fourth-order valence-electron chi connectivity index (χ4n) is 0.259. The van der Waals surface area contributed by atoms with E-state index < -0.39 is 32.7 Å². The fourth-order valence-corrected chi connectivity index (χ4v) is 0.778. The Morgan fingerprint density at radius 1 is 0.778 bits per heavy atom.